The van der Waals surface area contributed by atoms with Gasteiger partial charge in [-0.1, -0.05) is 149 Å². The highest BCUT2D eigenvalue weighted by molar-refractivity contribution is 6.23. The molecule has 0 fully saturated rings. The van der Waals surface area contributed by atoms with Crippen molar-refractivity contribution in [2.45, 2.75) is 38.5 Å². The van der Waals surface area contributed by atoms with Crippen LogP contribution in [0, 0.1) is 0 Å². The van der Waals surface area contributed by atoms with Crippen molar-refractivity contribution in [1.29, 1.82) is 0 Å². The van der Waals surface area contributed by atoms with Gasteiger partial charge in [0.05, 0.1) is 0 Å². The van der Waals surface area contributed by atoms with E-state index in [0.717, 1.165) is 0 Å². The van der Waals surface area contributed by atoms with E-state index in [-0.39, 0.29) is 10.8 Å². The maximum atomic E-state index is 2.45. The lowest BCUT2D eigenvalue weighted by atomic mass is 9.81. The number of fused-ring (bicyclic) bond motifs is 11. The molecule has 0 spiro atoms. The zero-order chi connectivity index (χ0) is 32.4. The molecule has 0 amide bonds. The van der Waals surface area contributed by atoms with Crippen LogP contribution in [-0.2, 0) is 10.8 Å². The molecular formula is C48H36. The summed E-state index contributed by atoms with van der Waals surface area (Å²) in [6, 6.07) is 55.0. The van der Waals surface area contributed by atoms with Crippen LogP contribution in [0.4, 0.5) is 0 Å². The summed E-state index contributed by atoms with van der Waals surface area (Å²) in [5.74, 6) is 0. The highest BCUT2D eigenvalue weighted by Gasteiger charge is 2.36. The van der Waals surface area contributed by atoms with Gasteiger partial charge in [0.2, 0.25) is 0 Å². The molecule has 2 aliphatic rings. The van der Waals surface area contributed by atoms with Gasteiger partial charge in [0.15, 0.2) is 0 Å². The van der Waals surface area contributed by atoms with Gasteiger partial charge in [0.25, 0.3) is 0 Å². The molecule has 48 heavy (non-hydrogen) atoms. The quantitative estimate of drug-likeness (QED) is 0.170. The Kier molecular flexibility index (Phi) is 5.50. The highest BCUT2D eigenvalue weighted by Crippen LogP contribution is 2.51. The molecule has 0 heterocycles. The summed E-state index contributed by atoms with van der Waals surface area (Å²) < 4.78 is 0. The molecule has 0 unspecified atom stereocenters. The van der Waals surface area contributed by atoms with Crippen molar-refractivity contribution in [2.24, 2.45) is 0 Å². The van der Waals surface area contributed by atoms with Gasteiger partial charge in [-0.05, 0) is 123 Å². The van der Waals surface area contributed by atoms with Crippen molar-refractivity contribution in [2.75, 3.05) is 0 Å². The van der Waals surface area contributed by atoms with Crippen molar-refractivity contribution in [1.82, 2.24) is 0 Å². The second-order valence-electron chi connectivity index (χ2n) is 14.9. The van der Waals surface area contributed by atoms with Crippen molar-refractivity contribution in [3.8, 4) is 44.5 Å². The molecule has 8 aromatic rings. The van der Waals surface area contributed by atoms with Crippen molar-refractivity contribution >= 4 is 32.3 Å². The van der Waals surface area contributed by atoms with Crippen molar-refractivity contribution in [3.63, 3.8) is 0 Å². The van der Waals surface area contributed by atoms with Gasteiger partial charge >= 0.3 is 0 Å². The van der Waals surface area contributed by atoms with Gasteiger partial charge in [-0.25, -0.2) is 0 Å². The lowest BCUT2D eigenvalue weighted by Gasteiger charge is -2.22. The average Bonchev–Trinajstić information content (AvgIpc) is 3.50. The normalized spacial score (nSPS) is 15.0. The Morgan fingerprint density at radius 2 is 0.812 bits per heavy atom. The summed E-state index contributed by atoms with van der Waals surface area (Å²) in [5, 5.41) is 7.80. The first-order valence-corrected chi connectivity index (χ1v) is 17.2. The molecule has 0 N–H and O–H groups in total. The van der Waals surface area contributed by atoms with E-state index in [1.165, 1.54) is 99.1 Å². The van der Waals surface area contributed by atoms with Gasteiger partial charge in [-0.3, -0.25) is 0 Å². The van der Waals surface area contributed by atoms with Crippen LogP contribution in [-0.4, -0.2) is 0 Å². The Hall–Kier alpha value is -5.46. The van der Waals surface area contributed by atoms with Gasteiger partial charge in [0, 0.05) is 10.8 Å². The third-order valence-corrected chi connectivity index (χ3v) is 11.6. The summed E-state index contributed by atoms with van der Waals surface area (Å²) in [6.07, 6.45) is 0. The first kappa shape index (κ1) is 27.6. The molecule has 0 bridgehead atoms. The van der Waals surface area contributed by atoms with Crippen LogP contribution in [0.15, 0.2) is 146 Å². The average molecular weight is 613 g/mol. The molecule has 0 heteroatoms. The lowest BCUT2D eigenvalue weighted by molar-refractivity contribution is 0.660. The van der Waals surface area contributed by atoms with E-state index in [1.807, 2.05) is 0 Å². The number of rotatable bonds is 2. The standard InChI is InChI=1S/C48H36/c1-47(2)42-15-9-7-12-36(42)38-23-20-30(27-44(38)47)29-19-22-34-31(25-29)17-18-33-26-41(35-11-5-6-14-40(35)46(33)34)32-21-24-39-37-13-8-10-16-43(37)48(3,4)45(39)28-32/h5-28H,1-4H3. The van der Waals surface area contributed by atoms with Crippen LogP contribution in [0.3, 0.4) is 0 Å². The lowest BCUT2D eigenvalue weighted by Crippen LogP contribution is -2.14. The molecule has 0 nitrogen and oxygen atoms in total. The molecule has 0 atom stereocenters. The van der Waals surface area contributed by atoms with E-state index < -0.39 is 0 Å². The predicted molar refractivity (Wildman–Crippen MR) is 205 cm³/mol. The molecule has 8 aromatic carbocycles. The number of benzene rings is 8. The molecular weight excluding hydrogens is 577 g/mol. The Labute approximate surface area is 282 Å². The minimum absolute atomic E-state index is 0.00975. The number of hydrogen-bond donors (Lipinski definition) is 0. The predicted octanol–water partition coefficient (Wildman–Crippen LogP) is 13.1. The Morgan fingerprint density at radius 3 is 1.50 bits per heavy atom. The second-order valence-corrected chi connectivity index (χ2v) is 14.9. The Balaban J connectivity index is 1.12. The third-order valence-electron chi connectivity index (χ3n) is 11.6. The fraction of sp³-hybridized carbons (Fsp3) is 0.125. The van der Waals surface area contributed by atoms with E-state index >= 15 is 0 Å². The van der Waals surface area contributed by atoms with Gasteiger partial charge in [-0.2, -0.15) is 0 Å². The van der Waals surface area contributed by atoms with E-state index in [0.29, 0.717) is 0 Å². The van der Waals surface area contributed by atoms with E-state index in [2.05, 4.69) is 173 Å². The Morgan fingerprint density at radius 1 is 0.312 bits per heavy atom. The zero-order valence-electron chi connectivity index (χ0n) is 27.9. The topological polar surface area (TPSA) is 0 Å². The monoisotopic (exact) mass is 612 g/mol. The molecule has 0 aromatic heterocycles. The third kappa shape index (κ3) is 3.66. The van der Waals surface area contributed by atoms with Crippen LogP contribution >= 0.6 is 0 Å². The number of hydrogen-bond acceptors (Lipinski definition) is 0. The maximum absolute atomic E-state index is 2.45. The summed E-state index contributed by atoms with van der Waals surface area (Å²) >= 11 is 0. The summed E-state index contributed by atoms with van der Waals surface area (Å²) in [5.41, 5.74) is 16.2. The van der Waals surface area contributed by atoms with Gasteiger partial charge in [-0.15, -0.1) is 0 Å². The molecule has 0 aliphatic heterocycles. The maximum Gasteiger partial charge on any atom is 0.0159 e. The van der Waals surface area contributed by atoms with Crippen LogP contribution in [0.5, 0.6) is 0 Å². The second kappa shape index (κ2) is 9.55. The van der Waals surface area contributed by atoms with Crippen molar-refractivity contribution in [3.05, 3.63) is 168 Å². The van der Waals surface area contributed by atoms with E-state index in [9.17, 15) is 0 Å². The van der Waals surface area contributed by atoms with Crippen molar-refractivity contribution < 1.29 is 0 Å². The first-order valence-electron chi connectivity index (χ1n) is 17.2. The minimum Gasteiger partial charge on any atom is -0.0619 e. The van der Waals surface area contributed by atoms with E-state index in [4.69, 9.17) is 0 Å². The largest absolute Gasteiger partial charge is 0.0619 e. The molecule has 0 saturated heterocycles. The van der Waals surface area contributed by atoms with Crippen LogP contribution in [0.1, 0.15) is 49.9 Å². The fourth-order valence-corrected chi connectivity index (χ4v) is 9.11. The highest BCUT2D eigenvalue weighted by atomic mass is 14.4. The molecule has 2 aliphatic carbocycles. The summed E-state index contributed by atoms with van der Waals surface area (Å²) in [4.78, 5) is 0. The first-order chi connectivity index (χ1) is 23.3. The molecule has 228 valence electrons. The zero-order valence-corrected chi connectivity index (χ0v) is 27.9. The van der Waals surface area contributed by atoms with Gasteiger partial charge in [0.1, 0.15) is 0 Å². The smallest absolute Gasteiger partial charge is 0.0159 e. The van der Waals surface area contributed by atoms with Crippen LogP contribution in [0.25, 0.3) is 76.8 Å². The minimum atomic E-state index is -0.0267. The van der Waals surface area contributed by atoms with Crippen LogP contribution < -0.4 is 0 Å². The fourth-order valence-electron chi connectivity index (χ4n) is 9.11. The summed E-state index contributed by atoms with van der Waals surface area (Å²) in [7, 11) is 0. The van der Waals surface area contributed by atoms with E-state index in [1.54, 1.807) is 0 Å². The molecule has 0 radical (unpaired) electrons. The van der Waals surface area contributed by atoms with Crippen LogP contribution in [0.2, 0.25) is 0 Å². The Bertz CT molecular complexity index is 2660. The SMILES string of the molecule is CC1(C)c2ccccc2-c2ccc(-c3ccc4c(ccc5cc(-c6ccc7c(c6)C(C)(C)c6ccccc6-7)c6ccccc6c54)c3)cc21. The molecule has 0 saturated carbocycles. The summed E-state index contributed by atoms with van der Waals surface area (Å²) in [6.45, 7) is 9.44. The van der Waals surface area contributed by atoms with Gasteiger partial charge < -0.3 is 0 Å². The molecule has 10 rings (SSSR count).